The molecule has 1 N–H and O–H groups in total. The van der Waals surface area contributed by atoms with Gasteiger partial charge in [-0.2, -0.15) is 0 Å². The number of nitrogens with zero attached hydrogens (tertiary/aromatic N) is 1. The van der Waals surface area contributed by atoms with E-state index in [1.807, 2.05) is 86.5 Å². The first-order chi connectivity index (χ1) is 11.0. The highest BCUT2D eigenvalue weighted by atomic mass is 16.5. The predicted molar refractivity (Wildman–Crippen MR) is 94.5 cm³/mol. The number of amides is 1. The Balaban J connectivity index is 2.19. The van der Waals surface area contributed by atoms with E-state index < -0.39 is 11.6 Å². The number of methoxy groups -OCH3 is 1. The second-order valence-corrected chi connectivity index (χ2v) is 6.08. The summed E-state index contributed by atoms with van der Waals surface area (Å²) >= 11 is 0. The van der Waals surface area contributed by atoms with Crippen molar-refractivity contribution in [1.82, 2.24) is 0 Å². The molecule has 0 aromatic heterocycles. The average molecular weight is 312 g/mol. The van der Waals surface area contributed by atoms with Gasteiger partial charge in [-0.25, -0.2) is 0 Å². The van der Waals surface area contributed by atoms with Crippen LogP contribution in [0, 0.1) is 5.41 Å². The van der Waals surface area contributed by atoms with E-state index in [-0.39, 0.29) is 5.91 Å². The van der Waals surface area contributed by atoms with Gasteiger partial charge in [0.1, 0.15) is 6.23 Å². The van der Waals surface area contributed by atoms with E-state index >= 15 is 0 Å². The van der Waals surface area contributed by atoms with E-state index in [4.69, 9.17) is 4.74 Å². The van der Waals surface area contributed by atoms with Gasteiger partial charge in [-0.3, -0.25) is 4.79 Å². The van der Waals surface area contributed by atoms with Crippen molar-refractivity contribution in [2.45, 2.75) is 20.1 Å². The molecule has 0 heterocycles. The van der Waals surface area contributed by atoms with Crippen molar-refractivity contribution < 1.29 is 9.53 Å². The predicted octanol–water partition coefficient (Wildman–Crippen LogP) is 3.76. The van der Waals surface area contributed by atoms with Gasteiger partial charge in [0, 0.05) is 25.5 Å². The first kappa shape index (κ1) is 17.0. The van der Waals surface area contributed by atoms with Crippen molar-refractivity contribution in [2.24, 2.45) is 5.41 Å². The summed E-state index contributed by atoms with van der Waals surface area (Å²) in [5.74, 6) is -0.0849. The number of ether oxygens (including phenoxy) is 1. The molecule has 2 aromatic carbocycles. The third-order valence-corrected chi connectivity index (χ3v) is 3.97. The number of rotatable bonds is 6. The van der Waals surface area contributed by atoms with Crippen molar-refractivity contribution in [3.05, 3.63) is 60.7 Å². The summed E-state index contributed by atoms with van der Waals surface area (Å²) in [6, 6.07) is 19.3. The SMILES string of the molecule is COC(N(C)c1ccccc1)C(C)(C)C(=O)Nc1ccccc1. The molecule has 0 saturated carbocycles. The zero-order chi connectivity index (χ0) is 16.9. The minimum atomic E-state index is -0.741. The summed E-state index contributed by atoms with van der Waals surface area (Å²) in [5, 5.41) is 2.96. The Hall–Kier alpha value is -2.33. The van der Waals surface area contributed by atoms with Gasteiger partial charge < -0.3 is 15.0 Å². The lowest BCUT2D eigenvalue weighted by atomic mass is 9.88. The quantitative estimate of drug-likeness (QED) is 0.826. The molecular weight excluding hydrogens is 288 g/mol. The molecule has 4 heteroatoms. The molecule has 0 aliphatic heterocycles. The summed E-state index contributed by atoms with van der Waals surface area (Å²) < 4.78 is 5.66. The zero-order valence-corrected chi connectivity index (χ0v) is 14.1. The van der Waals surface area contributed by atoms with Crippen LogP contribution in [0.25, 0.3) is 0 Å². The van der Waals surface area contributed by atoms with Gasteiger partial charge in [0.15, 0.2) is 0 Å². The second kappa shape index (κ2) is 7.29. The molecule has 1 unspecified atom stereocenters. The van der Waals surface area contributed by atoms with Crippen LogP contribution in [-0.2, 0) is 9.53 Å². The maximum absolute atomic E-state index is 12.8. The van der Waals surface area contributed by atoms with Gasteiger partial charge in [0.25, 0.3) is 0 Å². The van der Waals surface area contributed by atoms with Crippen LogP contribution in [0.4, 0.5) is 11.4 Å². The zero-order valence-electron chi connectivity index (χ0n) is 14.1. The van der Waals surface area contributed by atoms with E-state index in [9.17, 15) is 4.79 Å². The molecule has 0 fully saturated rings. The van der Waals surface area contributed by atoms with E-state index in [0.29, 0.717) is 0 Å². The normalized spacial score (nSPS) is 12.5. The molecule has 2 aromatic rings. The van der Waals surface area contributed by atoms with Crippen LogP contribution in [-0.4, -0.2) is 26.3 Å². The third-order valence-electron chi connectivity index (χ3n) is 3.97. The van der Waals surface area contributed by atoms with E-state index in [2.05, 4.69) is 5.32 Å². The van der Waals surface area contributed by atoms with E-state index in [1.54, 1.807) is 7.11 Å². The van der Waals surface area contributed by atoms with Crippen molar-refractivity contribution in [1.29, 1.82) is 0 Å². The fraction of sp³-hybridized carbons (Fsp3) is 0.316. The number of hydrogen-bond donors (Lipinski definition) is 1. The van der Waals surface area contributed by atoms with Crippen molar-refractivity contribution in [3.8, 4) is 0 Å². The van der Waals surface area contributed by atoms with Crippen molar-refractivity contribution >= 4 is 17.3 Å². The number of hydrogen-bond acceptors (Lipinski definition) is 3. The average Bonchev–Trinajstić information content (AvgIpc) is 2.57. The fourth-order valence-corrected chi connectivity index (χ4v) is 2.66. The minimum Gasteiger partial charge on any atom is -0.360 e. The summed E-state index contributed by atoms with van der Waals surface area (Å²) in [5.41, 5.74) is 1.04. The van der Waals surface area contributed by atoms with Gasteiger partial charge >= 0.3 is 0 Å². The van der Waals surface area contributed by atoms with Crippen molar-refractivity contribution in [2.75, 3.05) is 24.4 Å². The van der Waals surface area contributed by atoms with Gasteiger partial charge in [0.05, 0.1) is 5.41 Å². The lowest BCUT2D eigenvalue weighted by Gasteiger charge is -2.39. The van der Waals surface area contributed by atoms with Crippen LogP contribution in [0.5, 0.6) is 0 Å². The number of benzene rings is 2. The molecule has 1 amide bonds. The van der Waals surface area contributed by atoms with Crippen molar-refractivity contribution in [3.63, 3.8) is 0 Å². The van der Waals surface area contributed by atoms with Gasteiger partial charge in [-0.1, -0.05) is 36.4 Å². The molecular formula is C19H24N2O2. The lowest BCUT2D eigenvalue weighted by Crippen LogP contribution is -2.50. The highest BCUT2D eigenvalue weighted by Crippen LogP contribution is 2.30. The van der Waals surface area contributed by atoms with Gasteiger partial charge in [0.2, 0.25) is 5.91 Å². The van der Waals surface area contributed by atoms with Crippen LogP contribution in [0.2, 0.25) is 0 Å². The number of nitrogens with one attached hydrogen (secondary N) is 1. The highest BCUT2D eigenvalue weighted by molar-refractivity contribution is 5.95. The molecule has 0 bridgehead atoms. The number of carbonyl (C=O) groups is 1. The van der Waals surface area contributed by atoms with Gasteiger partial charge in [-0.05, 0) is 38.1 Å². The summed E-state index contributed by atoms with van der Waals surface area (Å²) in [6.07, 6.45) is -0.395. The minimum absolute atomic E-state index is 0.0849. The molecule has 0 spiro atoms. The molecule has 0 saturated heterocycles. The van der Waals surface area contributed by atoms with Crippen LogP contribution in [0.15, 0.2) is 60.7 Å². The summed E-state index contributed by atoms with van der Waals surface area (Å²) in [6.45, 7) is 3.78. The Kier molecular flexibility index (Phi) is 5.40. The van der Waals surface area contributed by atoms with Crippen LogP contribution in [0.3, 0.4) is 0 Å². The maximum Gasteiger partial charge on any atom is 0.234 e. The van der Waals surface area contributed by atoms with E-state index in [0.717, 1.165) is 11.4 Å². The first-order valence-electron chi connectivity index (χ1n) is 7.64. The Morgan fingerprint density at radius 1 is 1.04 bits per heavy atom. The molecule has 0 aliphatic carbocycles. The fourth-order valence-electron chi connectivity index (χ4n) is 2.66. The maximum atomic E-state index is 12.8. The van der Waals surface area contributed by atoms with Crippen LogP contribution in [0.1, 0.15) is 13.8 Å². The van der Waals surface area contributed by atoms with Crippen LogP contribution < -0.4 is 10.2 Å². The Morgan fingerprint density at radius 2 is 1.57 bits per heavy atom. The smallest absolute Gasteiger partial charge is 0.234 e. The molecule has 4 nitrogen and oxygen atoms in total. The van der Waals surface area contributed by atoms with Crippen LogP contribution >= 0.6 is 0 Å². The second-order valence-electron chi connectivity index (χ2n) is 6.08. The summed E-state index contributed by atoms with van der Waals surface area (Å²) in [4.78, 5) is 14.7. The molecule has 0 radical (unpaired) electrons. The summed E-state index contributed by atoms with van der Waals surface area (Å²) in [7, 11) is 3.56. The largest absolute Gasteiger partial charge is 0.360 e. The standard InChI is InChI=1S/C19H24N2O2/c1-19(2,17(22)20-15-11-7-5-8-12-15)18(23-4)21(3)16-13-9-6-10-14-16/h5-14,18H,1-4H3,(H,20,22). The number of carbonyl (C=O) groups excluding carboxylic acids is 1. The molecule has 23 heavy (non-hydrogen) atoms. The first-order valence-corrected chi connectivity index (χ1v) is 7.64. The monoisotopic (exact) mass is 312 g/mol. The number of anilines is 2. The third kappa shape index (κ3) is 3.90. The Labute approximate surface area is 138 Å². The molecule has 2 rings (SSSR count). The van der Waals surface area contributed by atoms with Gasteiger partial charge in [-0.15, -0.1) is 0 Å². The topological polar surface area (TPSA) is 41.6 Å². The van der Waals surface area contributed by atoms with E-state index in [1.165, 1.54) is 0 Å². The lowest BCUT2D eigenvalue weighted by molar-refractivity contribution is -0.131. The number of para-hydroxylation sites is 2. The molecule has 122 valence electrons. The molecule has 1 atom stereocenters. The Morgan fingerprint density at radius 3 is 2.09 bits per heavy atom. The Bertz CT molecular complexity index is 626. The highest BCUT2D eigenvalue weighted by Gasteiger charge is 2.40. The molecule has 0 aliphatic rings.